The third-order valence-electron chi connectivity index (χ3n) is 3.43. The van der Waals surface area contributed by atoms with Crippen LogP contribution in [0, 0.1) is 6.92 Å². The second kappa shape index (κ2) is 6.10. The van der Waals surface area contributed by atoms with E-state index in [0.717, 1.165) is 19.4 Å². The summed E-state index contributed by atoms with van der Waals surface area (Å²) in [6.45, 7) is 2.97. The zero-order valence-corrected chi connectivity index (χ0v) is 10.4. The van der Waals surface area contributed by atoms with E-state index < -0.39 is 0 Å². The quantitative estimate of drug-likeness (QED) is 0.617. The summed E-state index contributed by atoms with van der Waals surface area (Å²) in [5, 5.41) is 0. The van der Waals surface area contributed by atoms with E-state index in [0.29, 0.717) is 6.10 Å². The number of aromatic nitrogens is 1. The third-order valence-corrected chi connectivity index (χ3v) is 3.43. The first-order valence-corrected chi connectivity index (χ1v) is 6.29. The van der Waals surface area contributed by atoms with Crippen LogP contribution in [0.25, 0.3) is 0 Å². The second-order valence-electron chi connectivity index (χ2n) is 4.68. The van der Waals surface area contributed by atoms with E-state index >= 15 is 0 Å². The number of hydrazine groups is 1. The molecule has 2 heterocycles. The van der Waals surface area contributed by atoms with Gasteiger partial charge < -0.3 is 4.74 Å². The van der Waals surface area contributed by atoms with E-state index in [-0.39, 0.29) is 6.04 Å². The fourth-order valence-corrected chi connectivity index (χ4v) is 2.38. The summed E-state index contributed by atoms with van der Waals surface area (Å²) >= 11 is 0. The molecule has 2 unspecified atom stereocenters. The largest absolute Gasteiger partial charge is 0.378 e. The lowest BCUT2D eigenvalue weighted by Gasteiger charge is -2.27. The van der Waals surface area contributed by atoms with Crippen LogP contribution in [0.5, 0.6) is 0 Å². The highest BCUT2D eigenvalue weighted by Gasteiger charge is 2.21. The minimum absolute atomic E-state index is 0.131. The maximum absolute atomic E-state index is 5.76. The van der Waals surface area contributed by atoms with E-state index in [1.165, 1.54) is 24.0 Å². The van der Waals surface area contributed by atoms with Gasteiger partial charge in [0.05, 0.1) is 12.1 Å². The van der Waals surface area contributed by atoms with E-state index in [4.69, 9.17) is 10.6 Å². The Labute approximate surface area is 103 Å². The van der Waals surface area contributed by atoms with Crippen LogP contribution in [0.3, 0.4) is 0 Å². The van der Waals surface area contributed by atoms with Gasteiger partial charge in [0.15, 0.2) is 0 Å². The van der Waals surface area contributed by atoms with Crippen LogP contribution in [0.4, 0.5) is 0 Å². The molecule has 1 saturated heterocycles. The summed E-state index contributed by atoms with van der Waals surface area (Å²) < 4.78 is 5.76. The molecule has 0 radical (unpaired) electrons. The van der Waals surface area contributed by atoms with Gasteiger partial charge in [-0.15, -0.1) is 0 Å². The minimum Gasteiger partial charge on any atom is -0.378 e. The third kappa shape index (κ3) is 3.25. The van der Waals surface area contributed by atoms with Crippen molar-refractivity contribution in [2.24, 2.45) is 5.84 Å². The number of hydrogen-bond donors (Lipinski definition) is 2. The van der Waals surface area contributed by atoms with Crippen LogP contribution in [-0.2, 0) is 4.74 Å². The lowest BCUT2D eigenvalue weighted by Crippen LogP contribution is -2.33. The molecule has 4 nitrogen and oxygen atoms in total. The monoisotopic (exact) mass is 235 g/mol. The molecule has 94 valence electrons. The van der Waals surface area contributed by atoms with Crippen molar-refractivity contribution in [2.45, 2.75) is 44.8 Å². The van der Waals surface area contributed by atoms with Crippen molar-refractivity contribution in [3.05, 3.63) is 29.6 Å². The van der Waals surface area contributed by atoms with E-state index in [1.807, 2.05) is 18.5 Å². The average molecular weight is 235 g/mol. The normalized spacial score (nSPS) is 22.4. The van der Waals surface area contributed by atoms with Gasteiger partial charge in [-0.3, -0.25) is 16.3 Å². The van der Waals surface area contributed by atoms with Gasteiger partial charge in [-0.25, -0.2) is 0 Å². The Morgan fingerprint density at radius 2 is 2.47 bits per heavy atom. The molecule has 0 aliphatic carbocycles. The van der Waals surface area contributed by atoms with Crippen LogP contribution in [-0.4, -0.2) is 17.7 Å². The molecule has 0 bridgehead atoms. The molecular weight excluding hydrogens is 214 g/mol. The molecule has 0 spiro atoms. The average Bonchev–Trinajstić information content (AvgIpc) is 2.38. The van der Waals surface area contributed by atoms with Crippen molar-refractivity contribution in [1.82, 2.24) is 10.4 Å². The maximum atomic E-state index is 5.76. The Kier molecular flexibility index (Phi) is 4.48. The smallest absolute Gasteiger partial charge is 0.0593 e. The summed E-state index contributed by atoms with van der Waals surface area (Å²) in [7, 11) is 0. The molecule has 1 aliphatic rings. The summed E-state index contributed by atoms with van der Waals surface area (Å²) in [5.74, 6) is 5.66. The lowest BCUT2D eigenvalue weighted by atomic mass is 9.96. The number of ether oxygens (including phenoxy) is 1. The number of hydrogen-bond acceptors (Lipinski definition) is 4. The predicted octanol–water partition coefficient (Wildman–Crippen LogP) is 1.85. The van der Waals surface area contributed by atoms with Crippen molar-refractivity contribution in [2.75, 3.05) is 6.61 Å². The van der Waals surface area contributed by atoms with Crippen molar-refractivity contribution in [3.63, 3.8) is 0 Å². The molecule has 0 aromatic carbocycles. The SMILES string of the molecule is Cc1ccncc1C(CC1CCCCO1)NN. The number of aryl methyl sites for hydroxylation is 1. The molecule has 2 atom stereocenters. The Balaban J connectivity index is 2.03. The first kappa shape index (κ1) is 12.5. The molecule has 2 rings (SSSR count). The Morgan fingerprint density at radius 1 is 1.59 bits per heavy atom. The second-order valence-corrected chi connectivity index (χ2v) is 4.68. The predicted molar refractivity (Wildman–Crippen MR) is 67.2 cm³/mol. The number of nitrogens with two attached hydrogens (primary N) is 1. The molecule has 17 heavy (non-hydrogen) atoms. The summed E-state index contributed by atoms with van der Waals surface area (Å²) in [4.78, 5) is 4.17. The Hall–Kier alpha value is -0.970. The van der Waals surface area contributed by atoms with Gasteiger partial charge in [0.25, 0.3) is 0 Å². The van der Waals surface area contributed by atoms with Crippen molar-refractivity contribution in [1.29, 1.82) is 0 Å². The summed E-state index contributed by atoms with van der Waals surface area (Å²) in [6.07, 6.45) is 8.52. The molecule has 4 heteroatoms. The van der Waals surface area contributed by atoms with E-state index in [9.17, 15) is 0 Å². The highest BCUT2D eigenvalue weighted by molar-refractivity contribution is 5.25. The zero-order chi connectivity index (χ0) is 12.1. The highest BCUT2D eigenvalue weighted by Crippen LogP contribution is 2.25. The molecule has 1 fully saturated rings. The first-order valence-electron chi connectivity index (χ1n) is 6.29. The van der Waals surface area contributed by atoms with Crippen LogP contribution in [0.2, 0.25) is 0 Å². The van der Waals surface area contributed by atoms with Crippen molar-refractivity contribution < 1.29 is 4.74 Å². The van der Waals surface area contributed by atoms with Crippen LogP contribution in [0.15, 0.2) is 18.5 Å². The van der Waals surface area contributed by atoms with Crippen LogP contribution >= 0.6 is 0 Å². The summed E-state index contributed by atoms with van der Waals surface area (Å²) in [6, 6.07) is 2.15. The molecule has 1 aliphatic heterocycles. The fourth-order valence-electron chi connectivity index (χ4n) is 2.38. The van der Waals surface area contributed by atoms with Gasteiger partial charge in [-0.05, 0) is 49.8 Å². The number of pyridine rings is 1. The summed E-state index contributed by atoms with van der Waals surface area (Å²) in [5.41, 5.74) is 5.28. The van der Waals surface area contributed by atoms with E-state index in [1.54, 1.807) is 0 Å². The number of nitrogens with zero attached hydrogens (tertiary/aromatic N) is 1. The number of nitrogens with one attached hydrogen (secondary N) is 1. The van der Waals surface area contributed by atoms with Gasteiger partial charge in [0, 0.05) is 19.0 Å². The molecule has 0 saturated carbocycles. The van der Waals surface area contributed by atoms with Gasteiger partial charge in [-0.1, -0.05) is 0 Å². The van der Waals surface area contributed by atoms with Gasteiger partial charge in [0.1, 0.15) is 0 Å². The Bertz CT molecular complexity index is 350. The standard InChI is InChI=1S/C13H21N3O/c1-10-5-6-15-9-12(10)13(16-14)8-11-4-2-3-7-17-11/h5-6,9,11,13,16H,2-4,7-8,14H2,1H3. The van der Waals surface area contributed by atoms with E-state index in [2.05, 4.69) is 17.3 Å². The minimum atomic E-state index is 0.131. The van der Waals surface area contributed by atoms with Crippen LogP contribution < -0.4 is 11.3 Å². The molecular formula is C13H21N3O. The number of rotatable bonds is 4. The van der Waals surface area contributed by atoms with Gasteiger partial charge >= 0.3 is 0 Å². The fraction of sp³-hybridized carbons (Fsp3) is 0.615. The maximum Gasteiger partial charge on any atom is 0.0593 e. The van der Waals surface area contributed by atoms with Crippen LogP contribution in [0.1, 0.15) is 42.9 Å². The first-order chi connectivity index (χ1) is 8.31. The van der Waals surface area contributed by atoms with Gasteiger partial charge in [-0.2, -0.15) is 0 Å². The molecule has 3 N–H and O–H groups in total. The topological polar surface area (TPSA) is 60.2 Å². The van der Waals surface area contributed by atoms with Gasteiger partial charge in [0.2, 0.25) is 0 Å². The van der Waals surface area contributed by atoms with Crippen molar-refractivity contribution >= 4 is 0 Å². The van der Waals surface area contributed by atoms with Crippen molar-refractivity contribution in [3.8, 4) is 0 Å². The highest BCUT2D eigenvalue weighted by atomic mass is 16.5. The Morgan fingerprint density at radius 3 is 3.12 bits per heavy atom. The zero-order valence-electron chi connectivity index (χ0n) is 10.4. The molecule has 0 amide bonds. The lowest BCUT2D eigenvalue weighted by molar-refractivity contribution is 0.00497. The molecule has 1 aromatic heterocycles. The molecule has 1 aromatic rings.